The lowest BCUT2D eigenvalue weighted by atomic mass is 10.4. The van der Waals surface area contributed by atoms with E-state index in [0.717, 1.165) is 10.6 Å². The molecule has 0 radical (unpaired) electrons. The Morgan fingerprint density at radius 2 is 1.86 bits per heavy atom. The van der Waals surface area contributed by atoms with Gasteiger partial charge < -0.3 is 4.90 Å². The average Bonchev–Trinajstić information content (AvgIpc) is 2.19. The summed E-state index contributed by atoms with van der Waals surface area (Å²) >= 11 is 0. The fourth-order valence-electron chi connectivity index (χ4n) is 0.883. The van der Waals surface area contributed by atoms with Crippen molar-refractivity contribution in [1.29, 1.82) is 0 Å². The SMILES string of the molecule is C/C(=C\S(=O)c1ccccc1)N(C)C. The Morgan fingerprint density at radius 1 is 1.29 bits per heavy atom. The first-order valence-electron chi connectivity index (χ1n) is 4.42. The monoisotopic (exact) mass is 209 g/mol. The van der Waals surface area contributed by atoms with Crippen LogP contribution < -0.4 is 0 Å². The molecule has 0 heterocycles. The predicted octanol–water partition coefficient (Wildman–Crippen LogP) is 2.22. The van der Waals surface area contributed by atoms with Crippen molar-refractivity contribution < 1.29 is 4.21 Å². The molecule has 0 fully saturated rings. The van der Waals surface area contributed by atoms with Gasteiger partial charge in [0, 0.05) is 30.1 Å². The van der Waals surface area contributed by atoms with Crippen molar-refractivity contribution in [2.75, 3.05) is 14.1 Å². The average molecular weight is 209 g/mol. The molecule has 1 aromatic carbocycles. The summed E-state index contributed by atoms with van der Waals surface area (Å²) in [5.74, 6) is 0. The highest BCUT2D eigenvalue weighted by Gasteiger charge is 2.00. The Bertz CT molecular complexity index is 344. The minimum atomic E-state index is -1.04. The molecule has 0 amide bonds. The molecule has 2 nitrogen and oxygen atoms in total. The van der Waals surface area contributed by atoms with Crippen LogP contribution >= 0.6 is 0 Å². The number of nitrogens with zero attached hydrogens (tertiary/aromatic N) is 1. The van der Waals surface area contributed by atoms with Crippen molar-refractivity contribution in [2.24, 2.45) is 0 Å². The first-order chi connectivity index (χ1) is 6.61. The van der Waals surface area contributed by atoms with Gasteiger partial charge in [-0.05, 0) is 19.1 Å². The number of allylic oxidation sites excluding steroid dienone is 1. The first-order valence-corrected chi connectivity index (χ1v) is 5.64. The van der Waals surface area contributed by atoms with Crippen LogP contribution in [0.25, 0.3) is 0 Å². The zero-order chi connectivity index (χ0) is 10.6. The molecule has 0 saturated heterocycles. The largest absolute Gasteiger partial charge is 0.381 e. The molecule has 0 saturated carbocycles. The zero-order valence-electron chi connectivity index (χ0n) is 8.73. The van der Waals surface area contributed by atoms with E-state index in [1.165, 1.54) is 0 Å². The van der Waals surface area contributed by atoms with Crippen molar-refractivity contribution in [1.82, 2.24) is 4.90 Å². The van der Waals surface area contributed by atoms with E-state index in [4.69, 9.17) is 0 Å². The van der Waals surface area contributed by atoms with Crippen LogP contribution in [0.15, 0.2) is 46.3 Å². The van der Waals surface area contributed by atoms with Gasteiger partial charge in [0.25, 0.3) is 0 Å². The third-order valence-corrected chi connectivity index (χ3v) is 3.25. The molecule has 0 aromatic heterocycles. The standard InChI is InChI=1S/C11H15NOS/c1-10(12(2)3)9-14(13)11-7-5-4-6-8-11/h4-9H,1-3H3/b10-9+. The summed E-state index contributed by atoms with van der Waals surface area (Å²) in [7, 11) is 2.84. The molecule has 1 unspecified atom stereocenters. The number of hydrogen-bond acceptors (Lipinski definition) is 2. The van der Waals surface area contributed by atoms with E-state index < -0.39 is 10.8 Å². The van der Waals surface area contributed by atoms with E-state index in [-0.39, 0.29) is 0 Å². The highest BCUT2D eigenvalue weighted by Crippen LogP contribution is 2.09. The van der Waals surface area contributed by atoms with Gasteiger partial charge in [-0.1, -0.05) is 18.2 Å². The molecule has 0 bridgehead atoms. The van der Waals surface area contributed by atoms with Crippen molar-refractivity contribution in [3.05, 3.63) is 41.4 Å². The molecular weight excluding hydrogens is 194 g/mol. The van der Waals surface area contributed by atoms with Crippen molar-refractivity contribution >= 4 is 10.8 Å². The maximum Gasteiger partial charge on any atom is 0.0793 e. The molecule has 0 spiro atoms. The van der Waals surface area contributed by atoms with Gasteiger partial charge in [0.05, 0.1) is 10.8 Å². The van der Waals surface area contributed by atoms with Gasteiger partial charge in [-0.15, -0.1) is 0 Å². The molecule has 1 atom stereocenters. The van der Waals surface area contributed by atoms with E-state index in [1.54, 1.807) is 5.41 Å². The zero-order valence-corrected chi connectivity index (χ0v) is 9.54. The Hall–Kier alpha value is -1.09. The summed E-state index contributed by atoms with van der Waals surface area (Å²) in [6.07, 6.45) is 0. The van der Waals surface area contributed by atoms with Gasteiger partial charge >= 0.3 is 0 Å². The normalized spacial score (nSPS) is 13.8. The maximum atomic E-state index is 11.8. The summed E-state index contributed by atoms with van der Waals surface area (Å²) in [6.45, 7) is 1.95. The smallest absolute Gasteiger partial charge is 0.0793 e. The molecule has 1 rings (SSSR count). The van der Waals surface area contributed by atoms with E-state index in [9.17, 15) is 4.21 Å². The Balaban J connectivity index is 2.83. The second-order valence-corrected chi connectivity index (χ2v) is 4.57. The van der Waals surface area contributed by atoms with Crippen LogP contribution in [0.2, 0.25) is 0 Å². The molecule has 3 heteroatoms. The first kappa shape index (κ1) is 11.0. The highest BCUT2D eigenvalue weighted by molar-refractivity contribution is 7.88. The van der Waals surface area contributed by atoms with E-state index >= 15 is 0 Å². The van der Waals surface area contributed by atoms with Crippen LogP contribution in [0, 0.1) is 0 Å². The van der Waals surface area contributed by atoms with E-state index in [1.807, 2.05) is 56.3 Å². The lowest BCUT2D eigenvalue weighted by molar-refractivity contribution is 0.515. The Labute approximate surface area is 87.7 Å². The van der Waals surface area contributed by atoms with Crippen LogP contribution in [0.5, 0.6) is 0 Å². The van der Waals surface area contributed by atoms with Crippen molar-refractivity contribution in [2.45, 2.75) is 11.8 Å². The molecule has 76 valence electrons. The highest BCUT2D eigenvalue weighted by atomic mass is 32.2. The summed E-state index contributed by atoms with van der Waals surface area (Å²) < 4.78 is 11.8. The van der Waals surface area contributed by atoms with Crippen LogP contribution in [0.4, 0.5) is 0 Å². The van der Waals surface area contributed by atoms with Gasteiger partial charge in [0.1, 0.15) is 0 Å². The lowest BCUT2D eigenvalue weighted by Gasteiger charge is -2.11. The molecule has 0 aliphatic carbocycles. The summed E-state index contributed by atoms with van der Waals surface area (Å²) in [5, 5.41) is 1.76. The fraction of sp³-hybridized carbons (Fsp3) is 0.273. The molecule has 1 aromatic rings. The molecular formula is C11H15NOS. The van der Waals surface area contributed by atoms with Gasteiger partial charge in [-0.3, -0.25) is 0 Å². The second kappa shape index (κ2) is 4.96. The van der Waals surface area contributed by atoms with Crippen molar-refractivity contribution in [3.8, 4) is 0 Å². The van der Waals surface area contributed by atoms with Gasteiger partial charge in [-0.2, -0.15) is 0 Å². The third kappa shape index (κ3) is 3.00. The predicted molar refractivity (Wildman–Crippen MR) is 60.3 cm³/mol. The number of hydrogen-bond donors (Lipinski definition) is 0. The Morgan fingerprint density at radius 3 is 2.36 bits per heavy atom. The minimum Gasteiger partial charge on any atom is -0.381 e. The molecule has 14 heavy (non-hydrogen) atoms. The maximum absolute atomic E-state index is 11.8. The second-order valence-electron chi connectivity index (χ2n) is 3.26. The summed E-state index contributed by atoms with van der Waals surface area (Å²) in [5.41, 5.74) is 1.01. The minimum absolute atomic E-state index is 0.841. The van der Waals surface area contributed by atoms with Gasteiger partial charge in [-0.25, -0.2) is 4.21 Å². The van der Waals surface area contributed by atoms with Crippen molar-refractivity contribution in [3.63, 3.8) is 0 Å². The summed E-state index contributed by atoms with van der Waals surface area (Å²) in [6, 6.07) is 9.45. The third-order valence-electron chi connectivity index (χ3n) is 1.96. The van der Waals surface area contributed by atoms with E-state index in [2.05, 4.69) is 0 Å². The van der Waals surface area contributed by atoms with E-state index in [0.29, 0.717) is 0 Å². The van der Waals surface area contributed by atoms with Crippen LogP contribution in [0.1, 0.15) is 6.92 Å². The van der Waals surface area contributed by atoms with Crippen LogP contribution in [-0.4, -0.2) is 23.2 Å². The molecule has 0 aliphatic rings. The van der Waals surface area contributed by atoms with Crippen LogP contribution in [0.3, 0.4) is 0 Å². The molecule has 0 aliphatic heterocycles. The fourth-order valence-corrected chi connectivity index (χ4v) is 1.97. The summed E-state index contributed by atoms with van der Waals surface area (Å²) in [4.78, 5) is 2.79. The van der Waals surface area contributed by atoms with Crippen LogP contribution in [-0.2, 0) is 10.8 Å². The van der Waals surface area contributed by atoms with Gasteiger partial charge in [0.15, 0.2) is 0 Å². The quantitative estimate of drug-likeness (QED) is 0.760. The topological polar surface area (TPSA) is 20.3 Å². The number of rotatable bonds is 3. The van der Waals surface area contributed by atoms with Gasteiger partial charge in [0.2, 0.25) is 0 Å². The molecule has 0 N–H and O–H groups in total. The number of benzene rings is 1. The Kier molecular flexibility index (Phi) is 3.89. The lowest BCUT2D eigenvalue weighted by Crippen LogP contribution is -2.08.